The molecule has 5 rings (SSSR count). The Kier molecular flexibility index (Phi) is 7.47. The number of hydrogen-bond acceptors (Lipinski definition) is 4. The van der Waals surface area contributed by atoms with E-state index in [4.69, 9.17) is 0 Å². The van der Waals surface area contributed by atoms with E-state index >= 15 is 0 Å². The predicted octanol–water partition coefficient (Wildman–Crippen LogP) is 5.10. The predicted molar refractivity (Wildman–Crippen MR) is 150 cm³/mol. The summed E-state index contributed by atoms with van der Waals surface area (Å²) in [7, 11) is 5.78. The normalized spacial score (nSPS) is 11.3. The Bertz CT molecular complexity index is 1670. The number of anilines is 2. The molecule has 0 radical (unpaired) electrons. The van der Waals surface area contributed by atoms with Crippen LogP contribution in [-0.2, 0) is 13.6 Å². The summed E-state index contributed by atoms with van der Waals surface area (Å²) in [6.07, 6.45) is 4.18. The number of hydrogen-bond donors (Lipinski definition) is 3. The van der Waals surface area contributed by atoms with Gasteiger partial charge < -0.3 is 29.7 Å². The lowest BCUT2D eigenvalue weighted by molar-refractivity contribution is 0.101. The maximum Gasteiger partial charge on any atom is 0.272 e. The first-order valence-electron chi connectivity index (χ1n) is 12.7. The molecule has 3 aromatic heterocycles. The van der Waals surface area contributed by atoms with E-state index < -0.39 is 17.5 Å². The number of para-hydroxylation sites is 2. The summed E-state index contributed by atoms with van der Waals surface area (Å²) in [6.45, 7) is 1.31. The average molecular weight is 546 g/mol. The third kappa shape index (κ3) is 5.79. The van der Waals surface area contributed by atoms with Crippen molar-refractivity contribution >= 4 is 34.2 Å². The van der Waals surface area contributed by atoms with E-state index in [1.165, 1.54) is 6.07 Å². The molecule has 0 aliphatic carbocycles. The quantitative estimate of drug-likeness (QED) is 0.240. The van der Waals surface area contributed by atoms with Crippen molar-refractivity contribution in [2.75, 3.05) is 31.3 Å². The average Bonchev–Trinajstić information content (AvgIpc) is 3.60. The van der Waals surface area contributed by atoms with Crippen LogP contribution in [0.2, 0.25) is 0 Å². The molecule has 0 saturated carbocycles. The number of halogens is 2. The van der Waals surface area contributed by atoms with E-state index in [-0.39, 0.29) is 11.5 Å². The SMILES string of the molecule is CN(C)CCCn1cc(NC(=O)c2ccc(F)cc2F)cc1C(=O)Nc1cc(-c2nc3ccccc3[nH]2)n(C)c1. The smallest absolute Gasteiger partial charge is 0.272 e. The molecule has 0 spiro atoms. The van der Waals surface area contributed by atoms with Crippen LogP contribution in [0.25, 0.3) is 22.6 Å². The molecule has 0 aliphatic heterocycles. The first-order valence-corrected chi connectivity index (χ1v) is 12.7. The minimum Gasteiger partial charge on any atom is -0.346 e. The lowest BCUT2D eigenvalue weighted by Gasteiger charge is -2.12. The van der Waals surface area contributed by atoms with Gasteiger partial charge in [-0.2, -0.15) is 0 Å². The Morgan fingerprint density at radius 1 is 0.975 bits per heavy atom. The number of amides is 2. The zero-order valence-corrected chi connectivity index (χ0v) is 22.3. The van der Waals surface area contributed by atoms with Gasteiger partial charge in [0.05, 0.1) is 33.7 Å². The minimum absolute atomic E-state index is 0.296. The molecule has 2 amide bonds. The molecule has 5 aromatic rings. The second kappa shape index (κ2) is 11.1. The number of nitrogens with zero attached hydrogens (tertiary/aromatic N) is 4. The minimum atomic E-state index is -0.967. The summed E-state index contributed by atoms with van der Waals surface area (Å²) in [4.78, 5) is 36.0. The molecule has 0 unspecified atom stereocenters. The van der Waals surface area contributed by atoms with E-state index in [0.717, 1.165) is 41.8 Å². The molecule has 0 atom stereocenters. The summed E-state index contributed by atoms with van der Waals surface area (Å²) in [6, 6.07) is 13.8. The van der Waals surface area contributed by atoms with Crippen molar-refractivity contribution in [1.29, 1.82) is 0 Å². The highest BCUT2D eigenvalue weighted by Crippen LogP contribution is 2.25. The summed E-state index contributed by atoms with van der Waals surface area (Å²) >= 11 is 0. The van der Waals surface area contributed by atoms with Crippen LogP contribution < -0.4 is 10.6 Å². The van der Waals surface area contributed by atoms with Crippen molar-refractivity contribution in [2.45, 2.75) is 13.0 Å². The van der Waals surface area contributed by atoms with Gasteiger partial charge in [-0.3, -0.25) is 9.59 Å². The summed E-state index contributed by atoms with van der Waals surface area (Å²) < 4.78 is 31.0. The highest BCUT2D eigenvalue weighted by Gasteiger charge is 2.19. The number of fused-ring (bicyclic) bond motifs is 1. The number of aryl methyl sites for hydroxylation is 2. The number of carbonyl (C=O) groups excluding carboxylic acids is 2. The van der Waals surface area contributed by atoms with Crippen molar-refractivity contribution in [2.24, 2.45) is 7.05 Å². The Morgan fingerprint density at radius 2 is 1.73 bits per heavy atom. The Balaban J connectivity index is 1.37. The zero-order valence-electron chi connectivity index (χ0n) is 22.3. The largest absolute Gasteiger partial charge is 0.346 e. The van der Waals surface area contributed by atoms with Crippen molar-refractivity contribution in [3.05, 3.63) is 89.9 Å². The van der Waals surface area contributed by atoms with Crippen LogP contribution in [0.1, 0.15) is 27.3 Å². The van der Waals surface area contributed by atoms with Crippen molar-refractivity contribution in [1.82, 2.24) is 24.0 Å². The van der Waals surface area contributed by atoms with E-state index in [9.17, 15) is 18.4 Å². The Labute approximate surface area is 229 Å². The van der Waals surface area contributed by atoms with Gasteiger partial charge >= 0.3 is 0 Å². The van der Waals surface area contributed by atoms with Crippen LogP contribution in [-0.4, -0.2) is 56.5 Å². The fraction of sp³-hybridized carbons (Fsp3) is 0.207. The third-order valence-electron chi connectivity index (χ3n) is 6.46. The van der Waals surface area contributed by atoms with Gasteiger partial charge in [0.1, 0.15) is 17.3 Å². The zero-order chi connectivity index (χ0) is 28.4. The highest BCUT2D eigenvalue weighted by molar-refractivity contribution is 6.07. The summed E-state index contributed by atoms with van der Waals surface area (Å²) in [5.41, 5.74) is 3.47. The van der Waals surface area contributed by atoms with Crippen LogP contribution in [0.3, 0.4) is 0 Å². The van der Waals surface area contributed by atoms with E-state index in [1.54, 1.807) is 17.0 Å². The van der Waals surface area contributed by atoms with Crippen LogP contribution in [0.15, 0.2) is 67.0 Å². The second-order valence-corrected chi connectivity index (χ2v) is 9.82. The monoisotopic (exact) mass is 545 g/mol. The maximum absolute atomic E-state index is 14.1. The molecule has 0 aliphatic rings. The first kappa shape index (κ1) is 26.8. The van der Waals surface area contributed by atoms with Gasteiger partial charge in [-0.1, -0.05) is 12.1 Å². The van der Waals surface area contributed by atoms with E-state index in [2.05, 4.69) is 20.6 Å². The van der Waals surface area contributed by atoms with Gasteiger partial charge in [0.25, 0.3) is 11.8 Å². The maximum atomic E-state index is 14.1. The molecule has 3 N–H and O–H groups in total. The number of rotatable bonds is 9. The fourth-order valence-corrected chi connectivity index (χ4v) is 4.52. The summed E-state index contributed by atoms with van der Waals surface area (Å²) in [5, 5.41) is 5.54. The van der Waals surface area contributed by atoms with Gasteiger partial charge in [-0.15, -0.1) is 0 Å². The molecular formula is C29H29F2N7O2. The first-order chi connectivity index (χ1) is 19.2. The van der Waals surface area contributed by atoms with Crippen LogP contribution in [0.5, 0.6) is 0 Å². The molecule has 0 bridgehead atoms. The Hall–Kier alpha value is -4.77. The topological polar surface area (TPSA) is 100.0 Å². The number of H-pyrrole nitrogens is 1. The van der Waals surface area contributed by atoms with Gasteiger partial charge in [-0.05, 0) is 63.5 Å². The lowest BCUT2D eigenvalue weighted by Crippen LogP contribution is -2.19. The van der Waals surface area contributed by atoms with Gasteiger partial charge in [0.15, 0.2) is 5.82 Å². The number of nitrogens with one attached hydrogen (secondary N) is 3. The van der Waals surface area contributed by atoms with Crippen molar-refractivity contribution in [3.8, 4) is 11.5 Å². The van der Waals surface area contributed by atoms with Gasteiger partial charge in [-0.25, -0.2) is 13.8 Å². The molecule has 206 valence electrons. The Morgan fingerprint density at radius 3 is 2.48 bits per heavy atom. The molecule has 2 aromatic carbocycles. The van der Waals surface area contributed by atoms with Gasteiger partial charge in [0.2, 0.25) is 0 Å². The molecule has 3 heterocycles. The number of carbonyl (C=O) groups is 2. The molecule has 40 heavy (non-hydrogen) atoms. The molecule has 0 saturated heterocycles. The molecule has 11 heteroatoms. The molecule has 9 nitrogen and oxygen atoms in total. The number of imidazole rings is 1. The molecule has 0 fully saturated rings. The number of benzene rings is 2. The van der Waals surface area contributed by atoms with E-state index in [0.29, 0.717) is 35.5 Å². The van der Waals surface area contributed by atoms with Crippen LogP contribution in [0, 0.1) is 11.6 Å². The lowest BCUT2D eigenvalue weighted by atomic mass is 10.2. The molecular weight excluding hydrogens is 516 g/mol. The highest BCUT2D eigenvalue weighted by atomic mass is 19.1. The third-order valence-corrected chi connectivity index (χ3v) is 6.46. The van der Waals surface area contributed by atoms with Crippen molar-refractivity contribution < 1.29 is 18.4 Å². The fourth-order valence-electron chi connectivity index (χ4n) is 4.52. The van der Waals surface area contributed by atoms with Crippen molar-refractivity contribution in [3.63, 3.8) is 0 Å². The number of aromatic amines is 1. The van der Waals surface area contributed by atoms with E-state index in [1.807, 2.05) is 60.9 Å². The second-order valence-electron chi connectivity index (χ2n) is 9.82. The van der Waals surface area contributed by atoms with Crippen LogP contribution in [0.4, 0.5) is 20.2 Å². The van der Waals surface area contributed by atoms with Gasteiger partial charge in [0, 0.05) is 32.1 Å². The summed E-state index contributed by atoms with van der Waals surface area (Å²) in [5.74, 6) is -2.18. The van der Waals surface area contributed by atoms with Crippen LogP contribution >= 0.6 is 0 Å². The number of aromatic nitrogens is 4. The standard InChI is InChI=1S/C29H29F2N7O2/c1-36(2)11-6-12-38-17-20(32-28(39)21-10-9-18(30)13-22(21)31)15-26(38)29(40)33-19-14-25(37(3)16-19)27-34-23-7-4-5-8-24(23)35-27/h4-5,7-10,13-17H,6,11-12H2,1-3H3,(H,32,39)(H,33,40)(H,34,35).